The number of rotatable bonds is 15. The lowest BCUT2D eigenvalue weighted by Gasteiger charge is -2.08. The normalized spacial score (nSPS) is 11.1. The fraction of sp³-hybridized carbons (Fsp3) is 0.480. The summed E-state index contributed by atoms with van der Waals surface area (Å²) in [6.45, 7) is 3.31. The van der Waals surface area contributed by atoms with E-state index in [4.69, 9.17) is 4.74 Å². The average Bonchev–Trinajstić information content (AvgIpc) is 3.25. The molecule has 0 aliphatic heterocycles. The van der Waals surface area contributed by atoms with E-state index in [2.05, 4.69) is 59.2 Å². The molecule has 1 aromatic heterocycles. The molecule has 0 atom stereocenters. The molecule has 1 aromatic carbocycles. The Hall–Kier alpha value is -2.07. The van der Waals surface area contributed by atoms with Crippen LogP contribution in [0, 0.1) is 0 Å². The van der Waals surface area contributed by atoms with Gasteiger partial charge in [0.1, 0.15) is 0 Å². The maximum atomic E-state index is 11.4. The summed E-state index contributed by atoms with van der Waals surface area (Å²) in [6, 6.07) is 12.6. The van der Waals surface area contributed by atoms with E-state index in [9.17, 15) is 4.79 Å². The van der Waals surface area contributed by atoms with Crippen LogP contribution in [0.4, 0.5) is 5.69 Å². The number of aryl methyl sites for hydroxylation is 1. The van der Waals surface area contributed by atoms with E-state index in [1.807, 2.05) is 6.92 Å². The SMILES string of the molecule is CCOC(=O)CCc1ccc(NCCCCCCCCC=Cc2cccs2)cc1. The van der Waals surface area contributed by atoms with Crippen molar-refractivity contribution < 1.29 is 9.53 Å². The minimum Gasteiger partial charge on any atom is -0.466 e. The Morgan fingerprint density at radius 1 is 1.03 bits per heavy atom. The van der Waals surface area contributed by atoms with Crippen LogP contribution < -0.4 is 5.32 Å². The van der Waals surface area contributed by atoms with Crippen LogP contribution in [0.5, 0.6) is 0 Å². The Morgan fingerprint density at radius 3 is 2.52 bits per heavy atom. The molecule has 2 aromatic rings. The van der Waals surface area contributed by atoms with Crippen molar-refractivity contribution in [3.63, 3.8) is 0 Å². The van der Waals surface area contributed by atoms with E-state index in [0.717, 1.165) is 18.7 Å². The van der Waals surface area contributed by atoms with Gasteiger partial charge in [-0.2, -0.15) is 0 Å². The topological polar surface area (TPSA) is 38.3 Å². The molecule has 0 radical (unpaired) electrons. The predicted octanol–water partition coefficient (Wildman–Crippen LogP) is 7.10. The number of carbonyl (C=O) groups excluding carboxylic acids is 1. The number of hydrogen-bond acceptors (Lipinski definition) is 4. The van der Waals surface area contributed by atoms with Gasteiger partial charge in [-0.15, -0.1) is 11.3 Å². The highest BCUT2D eigenvalue weighted by atomic mass is 32.1. The molecule has 3 nitrogen and oxygen atoms in total. The van der Waals surface area contributed by atoms with Gasteiger partial charge >= 0.3 is 5.97 Å². The molecular formula is C25H35NO2S. The number of benzene rings is 1. The van der Waals surface area contributed by atoms with Crippen LogP contribution in [0.3, 0.4) is 0 Å². The largest absolute Gasteiger partial charge is 0.466 e. The fourth-order valence-corrected chi connectivity index (χ4v) is 3.83. The number of thiophene rings is 1. The monoisotopic (exact) mass is 413 g/mol. The molecule has 0 unspecified atom stereocenters. The minimum absolute atomic E-state index is 0.121. The number of esters is 1. The summed E-state index contributed by atoms with van der Waals surface area (Å²) in [4.78, 5) is 12.8. The zero-order valence-corrected chi connectivity index (χ0v) is 18.5. The van der Waals surface area contributed by atoms with E-state index >= 15 is 0 Å². The number of anilines is 1. The molecule has 2 rings (SSSR count). The second-order valence-electron chi connectivity index (χ2n) is 7.26. The molecule has 0 amide bonds. The van der Waals surface area contributed by atoms with Crippen molar-refractivity contribution in [1.29, 1.82) is 0 Å². The van der Waals surface area contributed by atoms with Crippen LogP contribution in [0.2, 0.25) is 0 Å². The third kappa shape index (κ3) is 10.9. The molecular weight excluding hydrogens is 378 g/mol. The Bertz CT molecular complexity index is 692. The summed E-state index contributed by atoms with van der Waals surface area (Å²) in [6.07, 6.45) is 14.7. The number of nitrogens with one attached hydrogen (secondary N) is 1. The number of carbonyl (C=O) groups is 1. The summed E-state index contributed by atoms with van der Waals surface area (Å²) in [5.74, 6) is -0.121. The van der Waals surface area contributed by atoms with Crippen molar-refractivity contribution >= 4 is 29.1 Å². The lowest BCUT2D eigenvalue weighted by molar-refractivity contribution is -0.143. The van der Waals surface area contributed by atoms with Crippen LogP contribution in [-0.2, 0) is 16.0 Å². The second-order valence-corrected chi connectivity index (χ2v) is 8.24. The highest BCUT2D eigenvalue weighted by Crippen LogP contribution is 2.14. The lowest BCUT2D eigenvalue weighted by Crippen LogP contribution is -2.05. The zero-order chi connectivity index (χ0) is 20.6. The Morgan fingerprint density at radius 2 is 1.79 bits per heavy atom. The van der Waals surface area contributed by atoms with Gasteiger partial charge in [0.2, 0.25) is 0 Å². The van der Waals surface area contributed by atoms with Gasteiger partial charge in [0.15, 0.2) is 0 Å². The van der Waals surface area contributed by atoms with Gasteiger partial charge < -0.3 is 10.1 Å². The summed E-state index contributed by atoms with van der Waals surface area (Å²) in [7, 11) is 0. The van der Waals surface area contributed by atoms with Crippen LogP contribution >= 0.6 is 11.3 Å². The van der Waals surface area contributed by atoms with Gasteiger partial charge in [0.05, 0.1) is 6.61 Å². The van der Waals surface area contributed by atoms with Crippen molar-refractivity contribution in [1.82, 2.24) is 0 Å². The molecule has 0 fully saturated rings. The van der Waals surface area contributed by atoms with Gasteiger partial charge in [-0.05, 0) is 67.8 Å². The fourth-order valence-electron chi connectivity index (χ4n) is 3.18. The Kier molecular flexibility index (Phi) is 11.9. The number of hydrogen-bond donors (Lipinski definition) is 1. The molecule has 0 aliphatic carbocycles. The Labute approximate surface area is 180 Å². The summed E-state index contributed by atoms with van der Waals surface area (Å²) in [5, 5.41) is 5.61. The first-order valence-electron chi connectivity index (χ1n) is 11.0. The highest BCUT2D eigenvalue weighted by Gasteiger charge is 2.02. The lowest BCUT2D eigenvalue weighted by atomic mass is 10.1. The van der Waals surface area contributed by atoms with Gasteiger partial charge in [-0.3, -0.25) is 4.79 Å². The van der Waals surface area contributed by atoms with Gasteiger partial charge in [-0.25, -0.2) is 0 Å². The summed E-state index contributed by atoms with van der Waals surface area (Å²) >= 11 is 1.80. The summed E-state index contributed by atoms with van der Waals surface area (Å²) < 4.78 is 4.97. The smallest absolute Gasteiger partial charge is 0.306 e. The third-order valence-corrected chi connectivity index (χ3v) is 5.67. The highest BCUT2D eigenvalue weighted by molar-refractivity contribution is 7.10. The quantitative estimate of drug-likeness (QED) is 0.250. The van der Waals surface area contributed by atoms with E-state index in [1.54, 1.807) is 11.3 Å². The first-order valence-corrected chi connectivity index (χ1v) is 11.8. The summed E-state index contributed by atoms with van der Waals surface area (Å²) in [5.41, 5.74) is 2.33. The Balaban J connectivity index is 1.43. The molecule has 0 aliphatic rings. The molecule has 29 heavy (non-hydrogen) atoms. The molecule has 1 heterocycles. The standard InChI is InChI=1S/C25H35NO2S/c1-2-28-25(27)19-16-22-14-17-23(18-15-22)26-20-10-8-6-4-3-5-7-9-12-24-13-11-21-29-24/h9,11-15,17-18,21,26H,2-8,10,16,19-20H2,1H3. The van der Waals surface area contributed by atoms with E-state index in [0.29, 0.717) is 13.0 Å². The molecule has 158 valence electrons. The number of unbranched alkanes of at least 4 members (excludes halogenated alkanes) is 6. The number of ether oxygens (including phenoxy) is 1. The molecule has 0 saturated carbocycles. The van der Waals surface area contributed by atoms with Crippen LogP contribution in [0.15, 0.2) is 47.9 Å². The second kappa shape index (κ2) is 14.9. The van der Waals surface area contributed by atoms with Crippen LogP contribution in [-0.4, -0.2) is 19.1 Å². The van der Waals surface area contributed by atoms with Crippen LogP contribution in [0.1, 0.15) is 68.7 Å². The number of allylic oxidation sites excluding steroid dienone is 1. The maximum absolute atomic E-state index is 11.4. The van der Waals surface area contributed by atoms with E-state index in [-0.39, 0.29) is 5.97 Å². The van der Waals surface area contributed by atoms with Crippen LogP contribution in [0.25, 0.3) is 6.08 Å². The predicted molar refractivity (Wildman–Crippen MR) is 126 cm³/mol. The zero-order valence-electron chi connectivity index (χ0n) is 17.7. The van der Waals surface area contributed by atoms with Gasteiger partial charge in [0, 0.05) is 23.5 Å². The molecule has 0 spiro atoms. The molecule has 1 N–H and O–H groups in total. The molecule has 0 saturated heterocycles. The molecule has 0 bridgehead atoms. The minimum atomic E-state index is -0.121. The van der Waals surface area contributed by atoms with Crippen molar-refractivity contribution in [2.75, 3.05) is 18.5 Å². The van der Waals surface area contributed by atoms with Crippen molar-refractivity contribution in [3.8, 4) is 0 Å². The van der Waals surface area contributed by atoms with E-state index in [1.165, 1.54) is 55.4 Å². The van der Waals surface area contributed by atoms with Crippen molar-refractivity contribution in [2.24, 2.45) is 0 Å². The van der Waals surface area contributed by atoms with E-state index < -0.39 is 0 Å². The van der Waals surface area contributed by atoms with Gasteiger partial charge in [0.25, 0.3) is 0 Å². The van der Waals surface area contributed by atoms with Gasteiger partial charge in [-0.1, -0.05) is 50.0 Å². The first-order chi connectivity index (χ1) is 14.3. The molecule has 4 heteroatoms. The average molecular weight is 414 g/mol. The maximum Gasteiger partial charge on any atom is 0.306 e. The third-order valence-electron chi connectivity index (χ3n) is 4.83. The van der Waals surface area contributed by atoms with Crippen molar-refractivity contribution in [2.45, 2.75) is 64.7 Å². The van der Waals surface area contributed by atoms with Crippen molar-refractivity contribution in [3.05, 3.63) is 58.3 Å². The first kappa shape index (κ1) is 23.2.